The predicted molar refractivity (Wildman–Crippen MR) is 88.3 cm³/mol. The first kappa shape index (κ1) is 16.6. The maximum absolute atomic E-state index is 12.2. The third kappa shape index (κ3) is 3.36. The number of benzene rings is 1. The minimum absolute atomic E-state index is 0.154. The summed E-state index contributed by atoms with van der Waals surface area (Å²) in [5.41, 5.74) is 1.17. The molecule has 118 valence electrons. The van der Waals surface area contributed by atoms with Gasteiger partial charge in [-0.2, -0.15) is 0 Å². The van der Waals surface area contributed by atoms with Crippen LogP contribution in [0.15, 0.2) is 29.2 Å². The molecule has 5 nitrogen and oxygen atoms in total. The molecule has 0 bridgehead atoms. The smallest absolute Gasteiger partial charge is 0.257 e. The third-order valence-electron chi connectivity index (χ3n) is 3.29. The highest BCUT2D eigenvalue weighted by molar-refractivity contribution is 7.92. The van der Waals surface area contributed by atoms with Crippen molar-refractivity contribution in [3.05, 3.63) is 40.4 Å². The maximum Gasteiger partial charge on any atom is 0.257 e. The molecule has 1 amide bonds. The van der Waals surface area contributed by atoms with E-state index in [0.29, 0.717) is 10.7 Å². The summed E-state index contributed by atoms with van der Waals surface area (Å²) in [6, 6.07) is 6.06. The van der Waals surface area contributed by atoms with Crippen LogP contribution in [0, 0.1) is 13.8 Å². The Morgan fingerprint density at radius 2 is 1.95 bits per heavy atom. The number of carbonyl (C=O) groups excluding carboxylic acids is 1. The van der Waals surface area contributed by atoms with E-state index >= 15 is 0 Å². The van der Waals surface area contributed by atoms with Crippen LogP contribution >= 0.6 is 11.3 Å². The van der Waals surface area contributed by atoms with Gasteiger partial charge in [0.05, 0.1) is 15.8 Å². The average Bonchev–Trinajstić information content (AvgIpc) is 2.77. The molecule has 0 saturated carbocycles. The fraction of sp³-hybridized carbons (Fsp3) is 0.333. The summed E-state index contributed by atoms with van der Waals surface area (Å²) in [5.74, 6) is -0.366. The summed E-state index contributed by atoms with van der Waals surface area (Å²) in [7, 11) is -3.40. The van der Waals surface area contributed by atoms with E-state index in [1.807, 2.05) is 13.8 Å². The molecule has 0 radical (unpaired) electrons. The molecule has 1 heterocycles. The van der Waals surface area contributed by atoms with Gasteiger partial charge in [-0.3, -0.25) is 10.1 Å². The zero-order valence-corrected chi connectivity index (χ0v) is 14.5. The number of hydrogen-bond donors (Lipinski definition) is 1. The topological polar surface area (TPSA) is 76.1 Å². The molecule has 1 aromatic carbocycles. The molecule has 2 rings (SSSR count). The fourth-order valence-corrected chi connectivity index (χ4v) is 3.70. The molecular weight excluding hydrogens is 320 g/mol. The van der Waals surface area contributed by atoms with Gasteiger partial charge < -0.3 is 0 Å². The van der Waals surface area contributed by atoms with Gasteiger partial charge in [0.25, 0.3) is 5.91 Å². The molecule has 2 aromatic rings. The van der Waals surface area contributed by atoms with E-state index in [2.05, 4.69) is 10.3 Å². The van der Waals surface area contributed by atoms with Crippen LogP contribution in [-0.4, -0.2) is 24.6 Å². The van der Waals surface area contributed by atoms with E-state index in [1.54, 1.807) is 26.0 Å². The van der Waals surface area contributed by atoms with Crippen LogP contribution in [0.25, 0.3) is 0 Å². The van der Waals surface area contributed by atoms with E-state index in [4.69, 9.17) is 0 Å². The van der Waals surface area contributed by atoms with Crippen LogP contribution < -0.4 is 5.32 Å². The summed E-state index contributed by atoms with van der Waals surface area (Å²) in [6.45, 7) is 7.03. The van der Waals surface area contributed by atoms with E-state index in [1.165, 1.54) is 23.5 Å². The largest absolute Gasteiger partial charge is 0.298 e. The summed E-state index contributed by atoms with van der Waals surface area (Å²) in [5, 5.41) is 2.68. The molecule has 0 spiro atoms. The Morgan fingerprint density at radius 3 is 2.50 bits per heavy atom. The Morgan fingerprint density at radius 1 is 1.27 bits per heavy atom. The van der Waals surface area contributed by atoms with E-state index in [-0.39, 0.29) is 10.8 Å². The van der Waals surface area contributed by atoms with Crippen LogP contribution in [0.5, 0.6) is 0 Å². The zero-order chi connectivity index (χ0) is 16.5. The molecule has 0 aliphatic carbocycles. The second-order valence-corrected chi connectivity index (χ2v) is 8.94. The lowest BCUT2D eigenvalue weighted by molar-refractivity contribution is 0.102. The minimum Gasteiger partial charge on any atom is -0.298 e. The lowest BCUT2D eigenvalue weighted by atomic mass is 10.2. The molecule has 22 heavy (non-hydrogen) atoms. The quantitative estimate of drug-likeness (QED) is 0.929. The van der Waals surface area contributed by atoms with Gasteiger partial charge in [0.15, 0.2) is 15.0 Å². The van der Waals surface area contributed by atoms with Crippen molar-refractivity contribution in [3.63, 3.8) is 0 Å². The molecule has 1 aromatic heterocycles. The second-order valence-electron chi connectivity index (χ2n) is 5.24. The minimum atomic E-state index is -3.40. The van der Waals surface area contributed by atoms with Gasteiger partial charge in [0.2, 0.25) is 0 Å². The molecule has 0 fully saturated rings. The number of amides is 1. The molecular formula is C15H18N2O3S2. The number of nitrogens with one attached hydrogen (secondary N) is 1. The van der Waals surface area contributed by atoms with Gasteiger partial charge in [0, 0.05) is 10.4 Å². The highest BCUT2D eigenvalue weighted by Gasteiger charge is 2.20. The first-order chi connectivity index (χ1) is 10.2. The lowest BCUT2D eigenvalue weighted by Crippen LogP contribution is -2.16. The van der Waals surface area contributed by atoms with Gasteiger partial charge in [-0.1, -0.05) is 6.07 Å². The Balaban J connectivity index is 2.28. The number of sulfone groups is 1. The van der Waals surface area contributed by atoms with Crippen LogP contribution in [0.1, 0.15) is 34.8 Å². The van der Waals surface area contributed by atoms with E-state index in [9.17, 15) is 13.2 Å². The van der Waals surface area contributed by atoms with Crippen LogP contribution in [0.3, 0.4) is 0 Å². The molecule has 1 N–H and O–H groups in total. The van der Waals surface area contributed by atoms with Gasteiger partial charge in [-0.05, 0) is 45.9 Å². The van der Waals surface area contributed by atoms with E-state index in [0.717, 1.165) is 10.6 Å². The number of aryl methyl sites for hydroxylation is 2. The summed E-state index contributed by atoms with van der Waals surface area (Å²) < 4.78 is 24.3. The van der Waals surface area contributed by atoms with Crippen LogP contribution in [-0.2, 0) is 9.84 Å². The van der Waals surface area contributed by atoms with Crippen molar-refractivity contribution >= 4 is 32.2 Å². The van der Waals surface area contributed by atoms with Crippen molar-refractivity contribution < 1.29 is 13.2 Å². The highest BCUT2D eigenvalue weighted by atomic mass is 32.2. The Hall–Kier alpha value is -1.73. The number of hydrogen-bond acceptors (Lipinski definition) is 5. The Labute approximate surface area is 134 Å². The van der Waals surface area contributed by atoms with Crippen molar-refractivity contribution in [2.24, 2.45) is 0 Å². The number of carbonyl (C=O) groups is 1. The highest BCUT2D eigenvalue weighted by Crippen LogP contribution is 2.22. The van der Waals surface area contributed by atoms with Crippen LogP contribution in [0.4, 0.5) is 5.13 Å². The van der Waals surface area contributed by atoms with Crippen LogP contribution in [0.2, 0.25) is 0 Å². The summed E-state index contributed by atoms with van der Waals surface area (Å²) in [6.07, 6.45) is 0. The molecule has 7 heteroatoms. The third-order valence-corrected chi connectivity index (χ3v) is 6.43. The number of aromatic nitrogens is 1. The molecule has 0 aliphatic heterocycles. The molecule has 0 unspecified atom stereocenters. The number of nitrogens with zero attached hydrogens (tertiary/aromatic N) is 1. The Bertz CT molecular complexity index is 788. The van der Waals surface area contributed by atoms with Crippen molar-refractivity contribution in [2.45, 2.75) is 37.8 Å². The number of rotatable bonds is 4. The maximum atomic E-state index is 12.2. The Kier molecular flexibility index (Phi) is 4.67. The summed E-state index contributed by atoms with van der Waals surface area (Å²) in [4.78, 5) is 17.7. The van der Waals surface area contributed by atoms with E-state index < -0.39 is 15.1 Å². The van der Waals surface area contributed by atoms with Gasteiger partial charge >= 0.3 is 0 Å². The van der Waals surface area contributed by atoms with Gasteiger partial charge in [-0.15, -0.1) is 11.3 Å². The monoisotopic (exact) mass is 338 g/mol. The SMILES string of the molecule is Cc1nc(NC(=O)c2cccc(S(=O)(=O)C(C)C)c2)sc1C. The average molecular weight is 338 g/mol. The predicted octanol–water partition coefficient (Wildman–Crippen LogP) is 3.19. The number of thiazole rings is 1. The zero-order valence-electron chi connectivity index (χ0n) is 12.9. The van der Waals surface area contributed by atoms with Crippen molar-refractivity contribution in [3.8, 4) is 0 Å². The molecule has 0 saturated heterocycles. The lowest BCUT2D eigenvalue weighted by Gasteiger charge is -2.09. The second kappa shape index (κ2) is 6.18. The normalized spacial score (nSPS) is 11.7. The first-order valence-corrected chi connectivity index (χ1v) is 9.17. The summed E-state index contributed by atoms with van der Waals surface area (Å²) >= 11 is 1.39. The molecule has 0 atom stereocenters. The van der Waals surface area contributed by atoms with Crippen molar-refractivity contribution in [1.29, 1.82) is 0 Å². The molecule has 0 aliphatic rings. The standard InChI is InChI=1S/C15H18N2O3S2/c1-9(2)22(19,20)13-7-5-6-12(8-13)14(18)17-15-16-10(3)11(4)21-15/h5-9H,1-4H3,(H,16,17,18). The number of anilines is 1. The van der Waals surface area contributed by atoms with Gasteiger partial charge in [-0.25, -0.2) is 13.4 Å². The van der Waals surface area contributed by atoms with Crippen molar-refractivity contribution in [2.75, 3.05) is 5.32 Å². The fourth-order valence-electron chi connectivity index (χ4n) is 1.78. The van der Waals surface area contributed by atoms with Gasteiger partial charge in [0.1, 0.15) is 0 Å². The first-order valence-electron chi connectivity index (χ1n) is 6.81. The van der Waals surface area contributed by atoms with Crippen molar-refractivity contribution in [1.82, 2.24) is 4.98 Å².